The highest BCUT2D eigenvalue weighted by Crippen LogP contribution is 2.30. The highest BCUT2D eigenvalue weighted by Gasteiger charge is 2.45. The number of rotatable bonds is 5. The van der Waals surface area contributed by atoms with Crippen LogP contribution in [0.25, 0.3) is 11.3 Å². The summed E-state index contributed by atoms with van der Waals surface area (Å²) in [7, 11) is 0. The molecule has 0 spiro atoms. The maximum Gasteiger partial charge on any atom is 0.451 e. The summed E-state index contributed by atoms with van der Waals surface area (Å²) in [6, 6.07) is 5.24. The Bertz CT molecular complexity index is 1320. The van der Waals surface area contributed by atoms with E-state index in [1.54, 1.807) is 12.1 Å². The number of halogens is 6. The Morgan fingerprint density at radius 3 is 2.49 bits per heavy atom. The van der Waals surface area contributed by atoms with E-state index in [0.29, 0.717) is 5.02 Å². The van der Waals surface area contributed by atoms with Gasteiger partial charge in [0.05, 0.1) is 17.9 Å². The minimum atomic E-state index is -4.72. The minimum Gasteiger partial charge on any atom is -0.350 e. The number of alkyl halides is 4. The van der Waals surface area contributed by atoms with Gasteiger partial charge in [0.1, 0.15) is 18.0 Å². The van der Waals surface area contributed by atoms with Gasteiger partial charge in [-0.15, -0.1) is 0 Å². The molecule has 1 aromatic carbocycles. The Morgan fingerprint density at radius 2 is 1.84 bits per heavy atom. The van der Waals surface area contributed by atoms with Gasteiger partial charge in [0.15, 0.2) is 0 Å². The van der Waals surface area contributed by atoms with E-state index in [2.05, 4.69) is 20.3 Å². The van der Waals surface area contributed by atoms with Crippen LogP contribution in [0.2, 0.25) is 5.02 Å². The summed E-state index contributed by atoms with van der Waals surface area (Å²) in [5.41, 5.74) is 0.336. The monoisotopic (exact) mass is 539 g/mol. The SMILES string of the molecule is C[C@@H]1[C@@H](F)C[C@H](C(=O)NCc2cc(-c3cnc(C(F)(F)F)nc3)ncc2F)N1C(=O)c1cccc(Cl)c1. The van der Waals surface area contributed by atoms with Crippen molar-refractivity contribution in [3.8, 4) is 11.3 Å². The number of nitrogens with one attached hydrogen (secondary N) is 1. The van der Waals surface area contributed by atoms with Crippen molar-refractivity contribution in [1.29, 1.82) is 0 Å². The summed E-state index contributed by atoms with van der Waals surface area (Å²) < 4.78 is 67.0. The minimum absolute atomic E-state index is 0.0335. The van der Waals surface area contributed by atoms with Crippen LogP contribution >= 0.6 is 11.6 Å². The van der Waals surface area contributed by atoms with E-state index in [1.807, 2.05) is 0 Å². The Kier molecular flexibility index (Phi) is 7.39. The predicted octanol–water partition coefficient (Wildman–Crippen LogP) is 4.61. The van der Waals surface area contributed by atoms with Crippen LogP contribution in [0.15, 0.2) is 48.9 Å². The molecule has 3 atom stereocenters. The zero-order chi connectivity index (χ0) is 26.9. The highest BCUT2D eigenvalue weighted by atomic mass is 35.5. The molecule has 1 saturated heterocycles. The lowest BCUT2D eigenvalue weighted by molar-refractivity contribution is -0.145. The number of carbonyl (C=O) groups is 2. The van der Waals surface area contributed by atoms with Gasteiger partial charge in [-0.3, -0.25) is 14.6 Å². The van der Waals surface area contributed by atoms with Crippen molar-refractivity contribution in [1.82, 2.24) is 25.2 Å². The number of hydrogen-bond donors (Lipinski definition) is 1. The average molecular weight is 540 g/mol. The van der Waals surface area contributed by atoms with Gasteiger partial charge in [-0.1, -0.05) is 17.7 Å². The molecule has 37 heavy (non-hydrogen) atoms. The fraction of sp³-hybridized carbons (Fsp3) is 0.292. The molecule has 2 amide bonds. The van der Waals surface area contributed by atoms with Crippen LogP contribution in [0.5, 0.6) is 0 Å². The number of nitrogens with zero attached hydrogens (tertiary/aromatic N) is 4. The number of likely N-dealkylation sites (tertiary alicyclic amines) is 1. The second-order valence-corrected chi connectivity index (χ2v) is 8.84. The third-order valence-corrected chi connectivity index (χ3v) is 6.18. The van der Waals surface area contributed by atoms with E-state index >= 15 is 0 Å². The molecule has 0 bridgehead atoms. The van der Waals surface area contributed by atoms with Crippen LogP contribution in [0.3, 0.4) is 0 Å². The first-order valence-electron chi connectivity index (χ1n) is 11.0. The summed E-state index contributed by atoms with van der Waals surface area (Å²) in [4.78, 5) is 37.5. The number of amides is 2. The maximum absolute atomic E-state index is 14.6. The van der Waals surface area contributed by atoms with Gasteiger partial charge in [-0.25, -0.2) is 18.7 Å². The summed E-state index contributed by atoms with van der Waals surface area (Å²) in [6.45, 7) is 1.14. The second-order valence-electron chi connectivity index (χ2n) is 8.40. The van der Waals surface area contributed by atoms with Gasteiger partial charge in [0.25, 0.3) is 5.91 Å². The molecule has 13 heteroatoms. The quantitative estimate of drug-likeness (QED) is 0.479. The predicted molar refractivity (Wildman–Crippen MR) is 122 cm³/mol. The van der Waals surface area contributed by atoms with Crippen molar-refractivity contribution in [2.45, 2.75) is 44.3 Å². The largest absolute Gasteiger partial charge is 0.451 e. The van der Waals surface area contributed by atoms with Crippen LogP contribution in [-0.4, -0.2) is 49.9 Å². The van der Waals surface area contributed by atoms with Gasteiger partial charge in [0.2, 0.25) is 11.7 Å². The van der Waals surface area contributed by atoms with Crippen LogP contribution in [0.1, 0.15) is 35.1 Å². The zero-order valence-electron chi connectivity index (χ0n) is 19.1. The molecule has 1 aliphatic rings. The van der Waals surface area contributed by atoms with E-state index in [4.69, 9.17) is 11.6 Å². The van der Waals surface area contributed by atoms with Crippen LogP contribution in [-0.2, 0) is 17.5 Å². The van der Waals surface area contributed by atoms with E-state index in [1.165, 1.54) is 25.1 Å². The van der Waals surface area contributed by atoms with Crippen molar-refractivity contribution in [2.75, 3.05) is 0 Å². The number of aromatic nitrogens is 3. The van der Waals surface area contributed by atoms with Gasteiger partial charge in [-0.2, -0.15) is 13.2 Å². The molecule has 0 aliphatic carbocycles. The lowest BCUT2D eigenvalue weighted by atomic mass is 10.1. The Balaban J connectivity index is 1.50. The van der Waals surface area contributed by atoms with Gasteiger partial charge >= 0.3 is 6.18 Å². The topological polar surface area (TPSA) is 88.1 Å². The van der Waals surface area contributed by atoms with Gasteiger partial charge in [-0.05, 0) is 31.2 Å². The van der Waals surface area contributed by atoms with Crippen LogP contribution < -0.4 is 5.32 Å². The molecule has 1 fully saturated rings. The number of carbonyl (C=O) groups excluding carboxylic acids is 2. The number of pyridine rings is 1. The Hall–Kier alpha value is -3.67. The van der Waals surface area contributed by atoms with E-state index in [-0.39, 0.29) is 35.3 Å². The van der Waals surface area contributed by atoms with Crippen molar-refractivity contribution >= 4 is 23.4 Å². The van der Waals surface area contributed by atoms with Crippen molar-refractivity contribution in [3.05, 3.63) is 76.7 Å². The summed E-state index contributed by atoms with van der Waals surface area (Å²) >= 11 is 5.95. The first-order chi connectivity index (χ1) is 17.5. The molecule has 4 rings (SSSR count). The molecule has 0 unspecified atom stereocenters. The fourth-order valence-electron chi connectivity index (χ4n) is 3.99. The molecule has 1 aliphatic heterocycles. The van der Waals surface area contributed by atoms with Crippen molar-refractivity contribution < 1.29 is 31.5 Å². The summed E-state index contributed by atoms with van der Waals surface area (Å²) in [5, 5.41) is 2.81. The van der Waals surface area contributed by atoms with Crippen molar-refractivity contribution in [2.24, 2.45) is 0 Å². The molecular formula is C24H19ClF5N5O2. The molecule has 1 N–H and O–H groups in total. The van der Waals surface area contributed by atoms with Crippen LogP contribution in [0, 0.1) is 5.82 Å². The smallest absolute Gasteiger partial charge is 0.350 e. The first-order valence-corrected chi connectivity index (χ1v) is 11.4. The molecule has 7 nitrogen and oxygen atoms in total. The van der Waals surface area contributed by atoms with E-state index < -0.39 is 47.9 Å². The third-order valence-electron chi connectivity index (χ3n) is 5.94. The second kappa shape index (κ2) is 10.4. The molecule has 0 radical (unpaired) electrons. The summed E-state index contributed by atoms with van der Waals surface area (Å²) in [6.07, 6.45) is -3.77. The maximum atomic E-state index is 14.6. The highest BCUT2D eigenvalue weighted by molar-refractivity contribution is 6.31. The van der Waals surface area contributed by atoms with Gasteiger partial charge < -0.3 is 10.2 Å². The van der Waals surface area contributed by atoms with Crippen LogP contribution in [0.4, 0.5) is 22.0 Å². The normalized spacial score (nSPS) is 19.6. The third kappa shape index (κ3) is 5.68. The van der Waals surface area contributed by atoms with Gasteiger partial charge in [0, 0.05) is 47.1 Å². The molecule has 2 aromatic heterocycles. The lowest BCUT2D eigenvalue weighted by Gasteiger charge is -2.28. The Morgan fingerprint density at radius 1 is 1.14 bits per heavy atom. The Labute approximate surface area is 212 Å². The fourth-order valence-corrected chi connectivity index (χ4v) is 4.18. The summed E-state index contributed by atoms with van der Waals surface area (Å²) in [5.74, 6) is -3.39. The standard InChI is InChI=1S/C24H19ClF5N5O2/c1-12-17(26)7-20(35(12)22(37)13-3-2-4-16(25)5-13)21(36)32-8-14-6-19(31-11-18(14)27)15-9-33-23(34-10-15)24(28,29)30/h2-6,9-12,17,20H,7-8H2,1H3,(H,32,36)/t12-,17+,20-/m1/s1. The lowest BCUT2D eigenvalue weighted by Crippen LogP contribution is -2.48. The molecule has 3 aromatic rings. The molecular weight excluding hydrogens is 521 g/mol. The number of hydrogen-bond acceptors (Lipinski definition) is 5. The number of benzene rings is 1. The molecule has 0 saturated carbocycles. The van der Waals surface area contributed by atoms with E-state index in [9.17, 15) is 31.5 Å². The van der Waals surface area contributed by atoms with E-state index in [0.717, 1.165) is 23.5 Å². The van der Waals surface area contributed by atoms with Crippen molar-refractivity contribution in [3.63, 3.8) is 0 Å². The average Bonchev–Trinajstić information content (AvgIpc) is 3.16. The zero-order valence-corrected chi connectivity index (χ0v) is 19.9. The first kappa shape index (κ1) is 26.4. The molecule has 3 heterocycles. The molecule has 194 valence electrons.